The molecule has 0 aromatic heterocycles. The zero-order chi connectivity index (χ0) is 12.7. The molecule has 0 bridgehead atoms. The van der Waals surface area contributed by atoms with Crippen LogP contribution in [0, 0.1) is 5.92 Å². The Balaban J connectivity index is 2.16. The topological polar surface area (TPSA) is 38.3 Å². The number of benzene rings is 1. The average molecular weight is 300 g/mol. The van der Waals surface area contributed by atoms with Crippen LogP contribution in [0.15, 0.2) is 28.7 Å². The maximum Gasteiger partial charge on any atom is 0.220 e. The Morgan fingerprint density at radius 3 is 2.59 bits per heavy atom. The molecule has 0 aliphatic carbocycles. The van der Waals surface area contributed by atoms with Crippen molar-refractivity contribution in [1.29, 1.82) is 0 Å². The predicted octanol–water partition coefficient (Wildman–Crippen LogP) is 2.99. The van der Waals surface area contributed by atoms with Gasteiger partial charge in [-0.2, -0.15) is 0 Å². The Morgan fingerprint density at radius 1 is 1.35 bits per heavy atom. The first-order valence-electron chi connectivity index (χ1n) is 5.73. The maximum atomic E-state index is 11.3. The zero-order valence-electron chi connectivity index (χ0n) is 10.2. The van der Waals surface area contributed by atoms with E-state index in [1.165, 1.54) is 0 Å². The fraction of sp³-hybridized carbons (Fsp3) is 0.462. The molecule has 0 heterocycles. The highest BCUT2D eigenvalue weighted by Gasteiger charge is 2.03. The molecule has 0 spiro atoms. The normalized spacial score (nSPS) is 10.4. The molecule has 1 rings (SSSR count). The van der Waals surface area contributed by atoms with E-state index in [4.69, 9.17) is 4.74 Å². The number of carbonyl (C=O) groups is 1. The molecule has 0 saturated heterocycles. The Labute approximate surface area is 111 Å². The van der Waals surface area contributed by atoms with Crippen LogP contribution in [0.25, 0.3) is 0 Å². The van der Waals surface area contributed by atoms with E-state index in [1.807, 2.05) is 38.1 Å². The van der Waals surface area contributed by atoms with Crippen molar-refractivity contribution in [2.45, 2.75) is 20.3 Å². The van der Waals surface area contributed by atoms with Gasteiger partial charge in [-0.25, -0.2) is 0 Å². The molecule has 1 N–H and O–H groups in total. The number of hydrogen-bond donors (Lipinski definition) is 1. The second-order valence-electron chi connectivity index (χ2n) is 4.25. The molecule has 94 valence electrons. The lowest BCUT2D eigenvalue weighted by Crippen LogP contribution is -2.28. The first-order chi connectivity index (χ1) is 8.08. The molecule has 0 saturated carbocycles. The van der Waals surface area contributed by atoms with Crippen LogP contribution in [-0.4, -0.2) is 19.1 Å². The van der Waals surface area contributed by atoms with E-state index in [9.17, 15) is 4.79 Å². The zero-order valence-corrected chi connectivity index (χ0v) is 11.8. The lowest BCUT2D eigenvalue weighted by Gasteiger charge is -2.08. The Morgan fingerprint density at radius 2 is 2.00 bits per heavy atom. The summed E-state index contributed by atoms with van der Waals surface area (Å²) in [4.78, 5) is 11.3. The van der Waals surface area contributed by atoms with Gasteiger partial charge in [0.15, 0.2) is 0 Å². The molecule has 0 fully saturated rings. The fourth-order valence-electron chi connectivity index (χ4n) is 1.33. The highest BCUT2D eigenvalue weighted by molar-refractivity contribution is 9.10. The van der Waals surface area contributed by atoms with Crippen LogP contribution < -0.4 is 10.1 Å². The average Bonchev–Trinajstić information content (AvgIpc) is 2.26. The summed E-state index contributed by atoms with van der Waals surface area (Å²) in [5.74, 6) is 1.29. The monoisotopic (exact) mass is 299 g/mol. The van der Waals surface area contributed by atoms with E-state index in [1.54, 1.807) is 0 Å². The van der Waals surface area contributed by atoms with E-state index in [0.29, 0.717) is 25.5 Å². The number of carbonyl (C=O) groups excluding carboxylic acids is 1. The van der Waals surface area contributed by atoms with Gasteiger partial charge in [-0.15, -0.1) is 0 Å². The van der Waals surface area contributed by atoms with Crippen LogP contribution in [0.4, 0.5) is 0 Å². The van der Waals surface area contributed by atoms with Crippen LogP contribution >= 0.6 is 15.9 Å². The summed E-state index contributed by atoms with van der Waals surface area (Å²) in [6, 6.07) is 7.62. The molecule has 1 aromatic rings. The van der Waals surface area contributed by atoms with Crippen LogP contribution in [0.1, 0.15) is 20.3 Å². The van der Waals surface area contributed by atoms with Gasteiger partial charge in [0, 0.05) is 10.9 Å². The molecule has 0 radical (unpaired) electrons. The number of ether oxygens (including phenoxy) is 1. The third kappa shape index (κ3) is 6.31. The standard InChI is InChI=1S/C13H18BrNO2/c1-10(2)9-13(16)15-7-8-17-12-5-3-11(14)4-6-12/h3-6,10H,7-9H2,1-2H3,(H,15,16). The van der Waals surface area contributed by atoms with Crippen molar-refractivity contribution >= 4 is 21.8 Å². The van der Waals surface area contributed by atoms with Crippen molar-refractivity contribution < 1.29 is 9.53 Å². The van der Waals surface area contributed by atoms with Gasteiger partial charge in [0.2, 0.25) is 5.91 Å². The smallest absolute Gasteiger partial charge is 0.220 e. The summed E-state index contributed by atoms with van der Waals surface area (Å²) in [6.07, 6.45) is 0.568. The molecule has 17 heavy (non-hydrogen) atoms. The SMILES string of the molecule is CC(C)CC(=O)NCCOc1ccc(Br)cc1. The van der Waals surface area contributed by atoms with Crippen LogP contribution in [0.2, 0.25) is 0 Å². The lowest BCUT2D eigenvalue weighted by molar-refractivity contribution is -0.121. The van der Waals surface area contributed by atoms with Crippen molar-refractivity contribution in [3.05, 3.63) is 28.7 Å². The number of nitrogens with one attached hydrogen (secondary N) is 1. The summed E-state index contributed by atoms with van der Waals surface area (Å²) in [5, 5.41) is 2.82. The summed E-state index contributed by atoms with van der Waals surface area (Å²) < 4.78 is 6.50. The first-order valence-corrected chi connectivity index (χ1v) is 6.52. The fourth-order valence-corrected chi connectivity index (χ4v) is 1.60. The molecule has 0 aliphatic heterocycles. The Bertz CT molecular complexity index is 349. The third-order valence-electron chi connectivity index (χ3n) is 2.10. The molecule has 0 atom stereocenters. The van der Waals surface area contributed by atoms with Gasteiger partial charge in [0.25, 0.3) is 0 Å². The molecular formula is C13H18BrNO2. The maximum absolute atomic E-state index is 11.3. The molecule has 0 unspecified atom stereocenters. The van der Waals surface area contributed by atoms with Gasteiger partial charge in [-0.05, 0) is 30.2 Å². The summed E-state index contributed by atoms with van der Waals surface area (Å²) >= 11 is 3.36. The minimum atomic E-state index is 0.0828. The lowest BCUT2D eigenvalue weighted by atomic mass is 10.1. The Kier molecular flexibility index (Phi) is 6.05. The van der Waals surface area contributed by atoms with Gasteiger partial charge in [-0.3, -0.25) is 4.79 Å². The van der Waals surface area contributed by atoms with E-state index in [2.05, 4.69) is 21.2 Å². The molecular weight excluding hydrogens is 282 g/mol. The first kappa shape index (κ1) is 14.0. The van der Waals surface area contributed by atoms with Crippen molar-refractivity contribution in [3.63, 3.8) is 0 Å². The van der Waals surface area contributed by atoms with Gasteiger partial charge < -0.3 is 10.1 Å². The summed E-state index contributed by atoms with van der Waals surface area (Å²) in [6.45, 7) is 5.09. The summed E-state index contributed by atoms with van der Waals surface area (Å²) in [7, 11) is 0. The third-order valence-corrected chi connectivity index (χ3v) is 2.63. The van der Waals surface area contributed by atoms with Crippen LogP contribution in [-0.2, 0) is 4.79 Å². The quantitative estimate of drug-likeness (QED) is 0.820. The second-order valence-corrected chi connectivity index (χ2v) is 5.17. The van der Waals surface area contributed by atoms with E-state index in [0.717, 1.165) is 10.2 Å². The predicted molar refractivity (Wildman–Crippen MR) is 72.1 cm³/mol. The van der Waals surface area contributed by atoms with Crippen molar-refractivity contribution in [2.75, 3.05) is 13.2 Å². The number of rotatable bonds is 6. The summed E-state index contributed by atoms with van der Waals surface area (Å²) in [5.41, 5.74) is 0. The number of hydrogen-bond acceptors (Lipinski definition) is 2. The number of halogens is 1. The minimum absolute atomic E-state index is 0.0828. The van der Waals surface area contributed by atoms with Gasteiger partial charge in [0.1, 0.15) is 12.4 Å². The van der Waals surface area contributed by atoms with E-state index in [-0.39, 0.29) is 5.91 Å². The van der Waals surface area contributed by atoms with Gasteiger partial charge in [0.05, 0.1) is 6.54 Å². The minimum Gasteiger partial charge on any atom is -0.492 e. The molecule has 1 aromatic carbocycles. The van der Waals surface area contributed by atoms with Gasteiger partial charge in [-0.1, -0.05) is 29.8 Å². The highest BCUT2D eigenvalue weighted by atomic mass is 79.9. The van der Waals surface area contributed by atoms with Crippen molar-refractivity contribution in [3.8, 4) is 5.75 Å². The van der Waals surface area contributed by atoms with Crippen molar-refractivity contribution in [1.82, 2.24) is 5.32 Å². The molecule has 3 nitrogen and oxygen atoms in total. The van der Waals surface area contributed by atoms with Crippen LogP contribution in [0.3, 0.4) is 0 Å². The Hall–Kier alpha value is -1.03. The molecule has 4 heteroatoms. The van der Waals surface area contributed by atoms with E-state index >= 15 is 0 Å². The number of amides is 1. The van der Waals surface area contributed by atoms with Gasteiger partial charge >= 0.3 is 0 Å². The molecule has 0 aliphatic rings. The van der Waals surface area contributed by atoms with Crippen molar-refractivity contribution in [2.24, 2.45) is 5.92 Å². The van der Waals surface area contributed by atoms with Crippen LogP contribution in [0.5, 0.6) is 5.75 Å². The largest absolute Gasteiger partial charge is 0.492 e. The molecule has 1 amide bonds. The van der Waals surface area contributed by atoms with E-state index < -0.39 is 0 Å². The highest BCUT2D eigenvalue weighted by Crippen LogP contribution is 2.15. The second kappa shape index (κ2) is 7.33.